The van der Waals surface area contributed by atoms with Crippen molar-refractivity contribution < 1.29 is 83.0 Å². The molecule has 0 bridgehead atoms. The number of nitrogens with two attached hydrogens (primary N) is 1. The Bertz CT molecular complexity index is 2570. The zero-order valence-corrected chi connectivity index (χ0v) is 44.3. The van der Waals surface area contributed by atoms with Crippen LogP contribution in [0.3, 0.4) is 0 Å². The molecule has 3 saturated heterocycles. The first-order valence-electron chi connectivity index (χ1n) is 25.1. The van der Waals surface area contributed by atoms with E-state index in [1.54, 1.807) is 35.3 Å². The van der Waals surface area contributed by atoms with Crippen LogP contribution in [0.1, 0.15) is 104 Å². The molecule has 0 radical (unpaired) electrons. The van der Waals surface area contributed by atoms with Crippen LogP contribution in [0.15, 0.2) is 78.9 Å². The third-order valence-corrected chi connectivity index (χ3v) is 13.0. The van der Waals surface area contributed by atoms with Gasteiger partial charge in [-0.05, 0) is 61.2 Å². The molecule has 3 fully saturated rings. The lowest BCUT2D eigenvalue weighted by atomic mass is 9.88. The fourth-order valence-corrected chi connectivity index (χ4v) is 9.40. The van der Waals surface area contributed by atoms with Crippen molar-refractivity contribution in [2.24, 2.45) is 0 Å². The fourth-order valence-electron chi connectivity index (χ4n) is 9.40. The van der Waals surface area contributed by atoms with Crippen LogP contribution in [0.25, 0.3) is 0 Å². The summed E-state index contributed by atoms with van der Waals surface area (Å²) in [6, 6.07) is 9.63. The number of hydrogen-bond donors (Lipinski definition) is 7. The largest absolute Gasteiger partial charge is 0.493 e. The molecular weight excluding hydrogens is 989 g/mol. The molecule has 416 valence electrons. The standard InChI is InChI=1S/C47H54N4O15.C4H8O.C3H8.CH4O/c1-23-11-33-42(53)25(3)28-16-38(36(60-4)17-29(28)43(54)49(33)20-23)62-9-6-10-63-39-19-32-30(18-37(39)61-5)44(55)50-21-24(2)12-34(50)45(56)51(32)47(59)64-22-26-7-8-35(31(48)13-26)65-41-15-27(52)14-40(66-41)46(57)58;1-2-3-4-5;1-3-2;1-2/h7-8,13,16-19,25,27,33-34,40-42,45,52-53,56H,1-2,6,9-12,14-15,20-22,48H2,3-5H3,(H,57,58);2-3,5H,4H2,1H3;3H2,1-2H3;2H,1H3/b;3-2+;;/t25?,27-,33-,34-,40-,41+,42?,45?;;;/m0.../s1. The van der Waals surface area contributed by atoms with Gasteiger partial charge in [-0.1, -0.05) is 69.7 Å². The van der Waals surface area contributed by atoms with Gasteiger partial charge in [-0.2, -0.15) is 0 Å². The van der Waals surface area contributed by atoms with E-state index in [-0.39, 0.29) is 104 Å². The molecule has 0 saturated carbocycles. The number of nitrogen functional groups attached to an aromatic ring is 1. The molecule has 3 aromatic carbocycles. The molecule has 8 rings (SSSR count). The molecule has 8 atom stereocenters. The number of carboxylic acids is 1. The highest BCUT2D eigenvalue weighted by molar-refractivity contribution is 6.06. The van der Waals surface area contributed by atoms with Crippen molar-refractivity contribution in [1.82, 2.24) is 9.80 Å². The molecule has 5 aliphatic rings. The number of carbonyl (C=O) groups excluding carboxylic acids is 3. The van der Waals surface area contributed by atoms with Crippen molar-refractivity contribution in [2.75, 3.05) is 64.9 Å². The molecule has 8 N–H and O–H groups in total. The van der Waals surface area contributed by atoms with Crippen molar-refractivity contribution >= 4 is 35.3 Å². The first-order valence-corrected chi connectivity index (χ1v) is 25.1. The van der Waals surface area contributed by atoms with Crippen LogP contribution in [0.4, 0.5) is 16.2 Å². The number of aliphatic hydroxyl groups is 5. The zero-order valence-electron chi connectivity index (χ0n) is 44.3. The molecule has 76 heavy (non-hydrogen) atoms. The van der Waals surface area contributed by atoms with E-state index in [0.29, 0.717) is 53.1 Å². The van der Waals surface area contributed by atoms with Crippen LogP contribution in [0.5, 0.6) is 28.7 Å². The Morgan fingerprint density at radius 2 is 1.41 bits per heavy atom. The van der Waals surface area contributed by atoms with E-state index in [1.807, 2.05) is 13.8 Å². The van der Waals surface area contributed by atoms with Crippen molar-refractivity contribution in [3.05, 3.63) is 101 Å². The number of anilines is 2. The van der Waals surface area contributed by atoms with E-state index in [2.05, 4.69) is 27.0 Å². The fraction of sp³-hybridized carbons (Fsp3) is 0.491. The smallest absolute Gasteiger partial charge is 0.416 e. The molecule has 21 nitrogen and oxygen atoms in total. The van der Waals surface area contributed by atoms with E-state index >= 15 is 0 Å². The average Bonchev–Trinajstić information content (AvgIpc) is 3.97. The Hall–Kier alpha value is -6.88. The van der Waals surface area contributed by atoms with Gasteiger partial charge in [0.25, 0.3) is 11.8 Å². The van der Waals surface area contributed by atoms with Crippen LogP contribution < -0.4 is 34.3 Å². The molecule has 5 aliphatic heterocycles. The van der Waals surface area contributed by atoms with Gasteiger partial charge in [-0.15, -0.1) is 0 Å². The lowest BCUT2D eigenvalue weighted by molar-refractivity contribution is -0.195. The Morgan fingerprint density at radius 3 is 1.97 bits per heavy atom. The normalized spacial score (nSPS) is 23.4. The number of amides is 3. The zero-order chi connectivity index (χ0) is 56.0. The molecule has 3 amide bonds. The quantitative estimate of drug-likeness (QED) is 0.0593. The molecule has 5 heterocycles. The summed E-state index contributed by atoms with van der Waals surface area (Å²) in [5, 5.41) is 57.6. The topological polar surface area (TPSA) is 290 Å². The number of aliphatic hydroxyl groups excluding tert-OH is 5. The van der Waals surface area contributed by atoms with Crippen molar-refractivity contribution in [3.63, 3.8) is 0 Å². The molecule has 21 heteroatoms. The first kappa shape index (κ1) is 60.0. The molecule has 0 spiro atoms. The van der Waals surface area contributed by atoms with Gasteiger partial charge < -0.3 is 79.3 Å². The number of allylic oxidation sites excluding steroid dienone is 1. The molecule has 3 aromatic rings. The average molecular weight is 1060 g/mol. The predicted molar refractivity (Wildman–Crippen MR) is 281 cm³/mol. The van der Waals surface area contributed by atoms with Gasteiger partial charge in [0.2, 0.25) is 6.29 Å². The Balaban J connectivity index is 0.000000986. The number of carboxylic acid groups (broad SMARTS) is 1. The van der Waals surface area contributed by atoms with E-state index in [1.165, 1.54) is 49.8 Å². The second-order valence-electron chi connectivity index (χ2n) is 18.7. The SMILES string of the molecule is C/C=C/CO.C=C1C[C@H]2C(O)C(C)c3cc(OCCCOc4cc5c(cc4OC)C(=O)N4CC(=C)C[C@H]4C(O)N5C(=O)OCc4ccc(O[C@H]5C[C@@H](O)C[C@@H](C(=O)O)O5)c(N)c4)c(OC)cc3C(=O)N2C1.CCC.CO. The van der Waals surface area contributed by atoms with Crippen molar-refractivity contribution in [1.29, 1.82) is 0 Å². The summed E-state index contributed by atoms with van der Waals surface area (Å²) >= 11 is 0. The number of hydrogen-bond acceptors (Lipinski definition) is 17. The molecule has 0 aliphatic carbocycles. The number of nitrogens with zero attached hydrogens (tertiary/aromatic N) is 3. The molecular formula is C55H74N4O17. The van der Waals surface area contributed by atoms with Gasteiger partial charge in [-0.3, -0.25) is 9.59 Å². The second kappa shape index (κ2) is 27.8. The summed E-state index contributed by atoms with van der Waals surface area (Å²) in [6.07, 6.45) is -0.796. The number of aliphatic carboxylic acids is 1. The number of rotatable bonds is 14. The van der Waals surface area contributed by atoms with E-state index < -0.39 is 54.8 Å². The summed E-state index contributed by atoms with van der Waals surface area (Å²) in [4.78, 5) is 57.4. The number of carbonyl (C=O) groups is 4. The predicted octanol–water partition coefficient (Wildman–Crippen LogP) is 5.54. The van der Waals surface area contributed by atoms with E-state index in [9.17, 15) is 39.6 Å². The highest BCUT2D eigenvalue weighted by Gasteiger charge is 2.47. The lowest BCUT2D eigenvalue weighted by Crippen LogP contribution is -2.50. The van der Waals surface area contributed by atoms with Gasteiger partial charge in [0.1, 0.15) is 12.4 Å². The lowest BCUT2D eigenvalue weighted by Gasteiger charge is -2.31. The summed E-state index contributed by atoms with van der Waals surface area (Å²) in [6.45, 7) is 16.7. The maximum absolute atomic E-state index is 14.1. The van der Waals surface area contributed by atoms with Gasteiger partial charge in [0, 0.05) is 57.0 Å². The van der Waals surface area contributed by atoms with E-state index in [0.717, 1.165) is 17.6 Å². The van der Waals surface area contributed by atoms with Crippen LogP contribution >= 0.6 is 0 Å². The van der Waals surface area contributed by atoms with Crippen LogP contribution in [0, 0.1) is 0 Å². The third kappa shape index (κ3) is 13.9. The number of methoxy groups -OCH3 is 2. The van der Waals surface area contributed by atoms with Gasteiger partial charge >= 0.3 is 12.1 Å². The maximum Gasteiger partial charge on any atom is 0.416 e. The van der Waals surface area contributed by atoms with Crippen molar-refractivity contribution in [3.8, 4) is 28.7 Å². The summed E-state index contributed by atoms with van der Waals surface area (Å²) in [7, 11) is 3.89. The highest BCUT2D eigenvalue weighted by atomic mass is 16.7. The van der Waals surface area contributed by atoms with Gasteiger partial charge in [-0.25, -0.2) is 14.5 Å². The van der Waals surface area contributed by atoms with Gasteiger partial charge in [0.15, 0.2) is 35.3 Å². The van der Waals surface area contributed by atoms with Crippen LogP contribution in [-0.4, -0.2) is 161 Å². The molecule has 0 aromatic heterocycles. The monoisotopic (exact) mass is 1060 g/mol. The Labute approximate surface area is 443 Å². The Kier molecular flexibility index (Phi) is 21.9. The third-order valence-electron chi connectivity index (χ3n) is 13.0. The second-order valence-corrected chi connectivity index (χ2v) is 18.7. The van der Waals surface area contributed by atoms with Crippen LogP contribution in [0.2, 0.25) is 0 Å². The first-order chi connectivity index (χ1) is 36.4. The summed E-state index contributed by atoms with van der Waals surface area (Å²) in [5.74, 6) is -0.999. The minimum absolute atomic E-state index is 0.0208. The number of ether oxygens (including phenoxy) is 7. The summed E-state index contributed by atoms with van der Waals surface area (Å²) in [5.41, 5.74) is 9.56. The number of benzene rings is 3. The maximum atomic E-state index is 14.1. The Morgan fingerprint density at radius 1 is 0.829 bits per heavy atom. The highest BCUT2D eigenvalue weighted by Crippen LogP contribution is 2.44. The van der Waals surface area contributed by atoms with Crippen LogP contribution in [-0.2, 0) is 20.9 Å². The minimum atomic E-state index is -1.55. The summed E-state index contributed by atoms with van der Waals surface area (Å²) < 4.78 is 40.5. The number of fused-ring (bicyclic) bond motifs is 4. The minimum Gasteiger partial charge on any atom is -0.493 e. The van der Waals surface area contributed by atoms with Gasteiger partial charge in [0.05, 0.1) is 75.3 Å². The van der Waals surface area contributed by atoms with E-state index in [4.69, 9.17) is 49.1 Å². The van der Waals surface area contributed by atoms with Crippen molar-refractivity contribution in [2.45, 2.75) is 122 Å². The molecule has 3 unspecified atom stereocenters.